The topological polar surface area (TPSA) is 70.7 Å². The molecule has 28 heavy (non-hydrogen) atoms. The Morgan fingerprint density at radius 3 is 2.86 bits per heavy atom. The monoisotopic (exact) mass is 416 g/mol. The first kappa shape index (κ1) is 19.1. The highest BCUT2D eigenvalue weighted by Gasteiger charge is 2.29. The van der Waals surface area contributed by atoms with E-state index in [9.17, 15) is 9.90 Å². The number of hydrogen-bond donors (Lipinski definition) is 1. The van der Waals surface area contributed by atoms with Gasteiger partial charge in [-0.2, -0.15) is 9.61 Å². The summed E-state index contributed by atoms with van der Waals surface area (Å²) in [5.74, 6) is -0.195. The molecule has 4 rings (SSSR count). The molecule has 1 aliphatic heterocycles. The van der Waals surface area contributed by atoms with Gasteiger partial charge in [0.05, 0.1) is 27.2 Å². The van der Waals surface area contributed by atoms with Crippen LogP contribution in [0.1, 0.15) is 18.5 Å². The van der Waals surface area contributed by atoms with Crippen LogP contribution in [0, 0.1) is 12.8 Å². The molecule has 1 unspecified atom stereocenters. The van der Waals surface area contributed by atoms with E-state index in [1.165, 1.54) is 0 Å². The van der Waals surface area contributed by atoms with E-state index < -0.39 is 5.97 Å². The van der Waals surface area contributed by atoms with Gasteiger partial charge in [0, 0.05) is 24.7 Å². The van der Waals surface area contributed by atoms with Crippen molar-refractivity contribution in [2.45, 2.75) is 24.7 Å². The maximum atomic E-state index is 11.6. The molecule has 6 nitrogen and oxygen atoms in total. The number of thioether (sulfide) groups is 1. The fourth-order valence-electron chi connectivity index (χ4n) is 3.78. The first-order valence-electron chi connectivity index (χ1n) is 9.16. The third kappa shape index (κ3) is 3.33. The molecule has 3 aromatic rings. The SMILES string of the molecule is CSc1c(C)nc2cc(-c3ccccc3Cl)nn2c1N1CCCC(C(=O)O)C1. The Labute approximate surface area is 172 Å². The highest BCUT2D eigenvalue weighted by Crippen LogP contribution is 2.36. The van der Waals surface area contributed by atoms with Crippen molar-refractivity contribution < 1.29 is 9.90 Å². The number of rotatable bonds is 4. The number of anilines is 1. The zero-order valence-electron chi connectivity index (χ0n) is 15.7. The summed E-state index contributed by atoms with van der Waals surface area (Å²) < 4.78 is 1.84. The van der Waals surface area contributed by atoms with Gasteiger partial charge < -0.3 is 10.0 Å². The fourth-order valence-corrected chi connectivity index (χ4v) is 4.75. The molecule has 146 valence electrons. The first-order valence-corrected chi connectivity index (χ1v) is 10.8. The number of fused-ring (bicyclic) bond motifs is 1. The quantitative estimate of drug-likeness (QED) is 0.636. The zero-order valence-corrected chi connectivity index (χ0v) is 17.3. The lowest BCUT2D eigenvalue weighted by molar-refractivity contribution is -0.141. The Balaban J connectivity index is 1.88. The summed E-state index contributed by atoms with van der Waals surface area (Å²) in [6.45, 7) is 3.26. The number of carbonyl (C=O) groups is 1. The van der Waals surface area contributed by atoms with Gasteiger partial charge in [0.25, 0.3) is 0 Å². The summed E-state index contributed by atoms with van der Waals surface area (Å²) >= 11 is 7.98. The van der Waals surface area contributed by atoms with E-state index in [0.29, 0.717) is 18.0 Å². The van der Waals surface area contributed by atoms with Crippen LogP contribution in [0.25, 0.3) is 16.9 Å². The number of aromatic nitrogens is 3. The number of aliphatic carboxylic acids is 1. The summed E-state index contributed by atoms with van der Waals surface area (Å²) in [5, 5.41) is 14.9. The molecule has 0 amide bonds. The Hall–Kier alpha value is -2.25. The number of carboxylic acids is 1. The maximum Gasteiger partial charge on any atom is 0.308 e. The second-order valence-corrected chi connectivity index (χ2v) is 8.18. The molecule has 8 heteroatoms. The molecule has 1 saturated heterocycles. The van der Waals surface area contributed by atoms with Gasteiger partial charge in [-0.25, -0.2) is 4.98 Å². The van der Waals surface area contributed by atoms with Gasteiger partial charge in [0.15, 0.2) is 5.65 Å². The van der Waals surface area contributed by atoms with E-state index >= 15 is 0 Å². The minimum absolute atomic E-state index is 0.370. The predicted molar refractivity (Wildman–Crippen MR) is 113 cm³/mol. The summed E-state index contributed by atoms with van der Waals surface area (Å²) in [6.07, 6.45) is 3.56. The highest BCUT2D eigenvalue weighted by molar-refractivity contribution is 7.98. The number of piperidine rings is 1. The van der Waals surface area contributed by atoms with Gasteiger partial charge in [0.2, 0.25) is 0 Å². The van der Waals surface area contributed by atoms with Crippen LogP contribution < -0.4 is 4.90 Å². The third-order valence-electron chi connectivity index (χ3n) is 5.13. The molecule has 1 atom stereocenters. The van der Waals surface area contributed by atoms with Gasteiger partial charge in [-0.1, -0.05) is 29.8 Å². The third-order valence-corrected chi connectivity index (χ3v) is 6.35. The molecule has 1 N–H and O–H groups in total. The second-order valence-electron chi connectivity index (χ2n) is 6.96. The van der Waals surface area contributed by atoms with E-state index in [1.54, 1.807) is 11.8 Å². The maximum absolute atomic E-state index is 11.6. The lowest BCUT2D eigenvalue weighted by atomic mass is 9.98. The predicted octanol–water partition coefficient (Wildman–Crippen LogP) is 4.38. The van der Waals surface area contributed by atoms with Crippen molar-refractivity contribution in [3.8, 4) is 11.3 Å². The number of nitrogens with zero attached hydrogens (tertiary/aromatic N) is 4. The molecule has 0 radical (unpaired) electrons. The molecule has 2 aromatic heterocycles. The van der Waals surface area contributed by atoms with Crippen LogP contribution in [0.4, 0.5) is 5.82 Å². The van der Waals surface area contributed by atoms with E-state index in [1.807, 2.05) is 48.0 Å². The molecule has 1 aromatic carbocycles. The van der Waals surface area contributed by atoms with Crippen molar-refractivity contribution in [3.63, 3.8) is 0 Å². The molecule has 0 saturated carbocycles. The standard InChI is InChI=1S/C20H21ClN4O2S/c1-12-18(28-2)19(24-9-5-6-13(11-24)20(26)27)25-17(22-12)10-16(23-25)14-7-3-4-8-15(14)21/h3-4,7-8,10,13H,5-6,9,11H2,1-2H3,(H,26,27). The first-order chi connectivity index (χ1) is 13.5. The Morgan fingerprint density at radius 2 is 2.14 bits per heavy atom. The van der Waals surface area contributed by atoms with Gasteiger partial charge in [-0.05, 0) is 32.1 Å². The number of benzene rings is 1. The van der Waals surface area contributed by atoms with Crippen molar-refractivity contribution in [2.75, 3.05) is 24.2 Å². The second kappa shape index (κ2) is 7.64. The van der Waals surface area contributed by atoms with Gasteiger partial charge in [-0.3, -0.25) is 4.79 Å². The molecule has 1 aliphatic rings. The number of aryl methyl sites for hydroxylation is 1. The summed E-state index contributed by atoms with van der Waals surface area (Å²) in [4.78, 5) is 19.4. The molecular formula is C20H21ClN4O2S. The van der Waals surface area contributed by atoms with E-state index in [0.717, 1.165) is 46.3 Å². The Kier molecular flexibility index (Phi) is 5.21. The van der Waals surface area contributed by atoms with Crippen molar-refractivity contribution in [1.29, 1.82) is 0 Å². The van der Waals surface area contributed by atoms with Gasteiger partial charge >= 0.3 is 5.97 Å². The number of hydrogen-bond acceptors (Lipinski definition) is 5. The van der Waals surface area contributed by atoms with Crippen molar-refractivity contribution in [1.82, 2.24) is 14.6 Å². The lowest BCUT2D eigenvalue weighted by Crippen LogP contribution is -2.40. The number of halogens is 1. The van der Waals surface area contributed by atoms with Crippen LogP contribution >= 0.6 is 23.4 Å². The Morgan fingerprint density at radius 1 is 1.36 bits per heavy atom. The van der Waals surface area contributed by atoms with Gasteiger partial charge in [0.1, 0.15) is 5.82 Å². The highest BCUT2D eigenvalue weighted by atomic mass is 35.5. The summed E-state index contributed by atoms with van der Waals surface area (Å²) in [5.41, 5.74) is 3.26. The number of carboxylic acid groups (broad SMARTS) is 1. The normalized spacial score (nSPS) is 17.2. The Bertz CT molecular complexity index is 1050. The van der Waals surface area contributed by atoms with Crippen molar-refractivity contribution in [3.05, 3.63) is 41.0 Å². The molecule has 0 bridgehead atoms. The average Bonchev–Trinajstić information content (AvgIpc) is 3.10. The largest absolute Gasteiger partial charge is 0.481 e. The molecule has 0 aliphatic carbocycles. The van der Waals surface area contributed by atoms with Crippen LogP contribution in [-0.2, 0) is 4.79 Å². The van der Waals surface area contributed by atoms with Crippen LogP contribution in [0.2, 0.25) is 5.02 Å². The van der Waals surface area contributed by atoms with Crippen molar-refractivity contribution in [2.24, 2.45) is 5.92 Å². The zero-order chi connectivity index (χ0) is 19.8. The molecular weight excluding hydrogens is 396 g/mol. The lowest BCUT2D eigenvalue weighted by Gasteiger charge is -2.33. The molecule has 0 spiro atoms. The van der Waals surface area contributed by atoms with Gasteiger partial charge in [-0.15, -0.1) is 11.8 Å². The minimum atomic E-state index is -0.741. The smallest absolute Gasteiger partial charge is 0.308 e. The molecule has 1 fully saturated rings. The molecule has 3 heterocycles. The fraction of sp³-hybridized carbons (Fsp3) is 0.350. The van der Waals surface area contributed by atoms with E-state index in [4.69, 9.17) is 21.7 Å². The van der Waals surface area contributed by atoms with Crippen LogP contribution in [0.15, 0.2) is 35.2 Å². The van der Waals surface area contributed by atoms with E-state index in [2.05, 4.69) is 4.90 Å². The average molecular weight is 417 g/mol. The van der Waals surface area contributed by atoms with Crippen LogP contribution in [0.3, 0.4) is 0 Å². The summed E-state index contributed by atoms with van der Waals surface area (Å²) in [7, 11) is 0. The minimum Gasteiger partial charge on any atom is -0.481 e. The van der Waals surface area contributed by atoms with Crippen molar-refractivity contribution >= 4 is 40.8 Å². The van der Waals surface area contributed by atoms with Crippen LogP contribution in [0.5, 0.6) is 0 Å². The summed E-state index contributed by atoms with van der Waals surface area (Å²) in [6, 6.07) is 9.53. The van der Waals surface area contributed by atoms with E-state index in [-0.39, 0.29) is 5.92 Å². The van der Waals surface area contributed by atoms with Crippen LogP contribution in [-0.4, -0.2) is 45.0 Å².